The topological polar surface area (TPSA) is 18.5 Å². The number of hydrogen-bond acceptors (Lipinski definition) is 2. The lowest BCUT2D eigenvalue weighted by Gasteiger charge is -2.13. The molecule has 0 fully saturated rings. The van der Waals surface area contributed by atoms with E-state index in [2.05, 4.69) is 0 Å². The molecule has 0 bridgehead atoms. The van der Waals surface area contributed by atoms with E-state index < -0.39 is 0 Å². The summed E-state index contributed by atoms with van der Waals surface area (Å²) in [7, 11) is 1.70. The van der Waals surface area contributed by atoms with Crippen molar-refractivity contribution in [2.24, 2.45) is 0 Å². The van der Waals surface area contributed by atoms with Gasteiger partial charge in [0.2, 0.25) is 0 Å². The minimum Gasteiger partial charge on any atom is -0.488 e. The fourth-order valence-corrected chi connectivity index (χ4v) is 1.71. The molecule has 16 heavy (non-hydrogen) atoms. The molecular formula is C12H16Cl2O2. The van der Waals surface area contributed by atoms with Gasteiger partial charge in [0, 0.05) is 7.11 Å². The largest absolute Gasteiger partial charge is 0.488 e. The first-order valence-corrected chi connectivity index (χ1v) is 6.23. The Morgan fingerprint density at radius 1 is 1.12 bits per heavy atom. The lowest BCUT2D eigenvalue weighted by atomic mass is 10.1. The predicted octanol–water partition coefficient (Wildman–Crippen LogP) is 3.10. The molecule has 0 spiro atoms. The predicted molar refractivity (Wildman–Crippen MR) is 67.9 cm³/mol. The second kappa shape index (κ2) is 7.77. The van der Waals surface area contributed by atoms with Crippen LogP contribution in [0.25, 0.3) is 0 Å². The smallest absolute Gasteiger partial charge is 0.126 e. The summed E-state index contributed by atoms with van der Waals surface area (Å²) in [6.45, 7) is 0.728. The van der Waals surface area contributed by atoms with E-state index in [1.807, 2.05) is 24.3 Å². The van der Waals surface area contributed by atoms with E-state index in [9.17, 15) is 0 Å². The molecule has 4 heteroatoms. The highest BCUT2D eigenvalue weighted by Crippen LogP contribution is 2.15. The zero-order valence-corrected chi connectivity index (χ0v) is 10.8. The Kier molecular flexibility index (Phi) is 6.62. The molecule has 90 valence electrons. The zero-order chi connectivity index (χ0) is 11.8. The molecule has 1 rings (SSSR count). The van der Waals surface area contributed by atoms with Gasteiger partial charge in [-0.15, -0.1) is 23.2 Å². The van der Waals surface area contributed by atoms with Gasteiger partial charge in [0.25, 0.3) is 0 Å². The molecule has 0 saturated carbocycles. The van der Waals surface area contributed by atoms with Crippen molar-refractivity contribution in [3.05, 3.63) is 29.8 Å². The van der Waals surface area contributed by atoms with Crippen molar-refractivity contribution in [1.29, 1.82) is 0 Å². The van der Waals surface area contributed by atoms with Gasteiger partial charge < -0.3 is 9.47 Å². The Morgan fingerprint density at radius 3 is 2.25 bits per heavy atom. The summed E-state index contributed by atoms with van der Waals surface area (Å²) in [5.74, 6) is 1.59. The summed E-state index contributed by atoms with van der Waals surface area (Å²) in [5, 5.41) is 0. The molecule has 0 amide bonds. The van der Waals surface area contributed by atoms with Crippen LogP contribution in [-0.2, 0) is 11.2 Å². The average Bonchev–Trinajstić information content (AvgIpc) is 2.35. The highest BCUT2D eigenvalue weighted by atomic mass is 35.5. The molecule has 1 aromatic carbocycles. The Bertz CT molecular complexity index is 284. The minimum atomic E-state index is -0.131. The van der Waals surface area contributed by atoms with Gasteiger partial charge in [0.1, 0.15) is 11.9 Å². The van der Waals surface area contributed by atoms with E-state index in [-0.39, 0.29) is 6.10 Å². The Balaban J connectivity index is 2.50. The van der Waals surface area contributed by atoms with E-state index in [0.29, 0.717) is 11.8 Å². The van der Waals surface area contributed by atoms with E-state index in [4.69, 9.17) is 32.7 Å². The lowest BCUT2D eigenvalue weighted by Crippen LogP contribution is -2.20. The molecule has 0 heterocycles. The van der Waals surface area contributed by atoms with Gasteiger partial charge in [-0.3, -0.25) is 0 Å². The molecule has 0 aliphatic carbocycles. The first-order chi connectivity index (χ1) is 7.80. The zero-order valence-electron chi connectivity index (χ0n) is 9.29. The Labute approximate surface area is 106 Å². The maximum atomic E-state index is 5.69. The minimum absolute atomic E-state index is 0.131. The average molecular weight is 263 g/mol. The van der Waals surface area contributed by atoms with Crippen LogP contribution in [0, 0.1) is 0 Å². The maximum absolute atomic E-state index is 5.69. The molecule has 0 radical (unpaired) electrons. The van der Waals surface area contributed by atoms with Crippen LogP contribution in [0.3, 0.4) is 0 Å². The van der Waals surface area contributed by atoms with E-state index in [0.717, 1.165) is 18.8 Å². The van der Waals surface area contributed by atoms with Gasteiger partial charge in [-0.25, -0.2) is 0 Å². The van der Waals surface area contributed by atoms with Crippen LogP contribution >= 0.6 is 23.2 Å². The monoisotopic (exact) mass is 262 g/mol. The van der Waals surface area contributed by atoms with E-state index >= 15 is 0 Å². The summed E-state index contributed by atoms with van der Waals surface area (Å²) in [5.41, 5.74) is 1.22. The lowest BCUT2D eigenvalue weighted by molar-refractivity contribution is 0.202. The van der Waals surface area contributed by atoms with Crippen LogP contribution in [0.5, 0.6) is 5.75 Å². The van der Waals surface area contributed by atoms with Gasteiger partial charge >= 0.3 is 0 Å². The van der Waals surface area contributed by atoms with Crippen molar-refractivity contribution in [3.8, 4) is 5.75 Å². The molecule has 0 unspecified atom stereocenters. The molecule has 0 aliphatic rings. The fraction of sp³-hybridized carbons (Fsp3) is 0.500. The summed E-state index contributed by atoms with van der Waals surface area (Å²) in [6, 6.07) is 7.90. The highest BCUT2D eigenvalue weighted by molar-refractivity contribution is 6.21. The number of benzene rings is 1. The van der Waals surface area contributed by atoms with Gasteiger partial charge in [-0.2, -0.15) is 0 Å². The highest BCUT2D eigenvalue weighted by Gasteiger charge is 2.06. The summed E-state index contributed by atoms with van der Waals surface area (Å²) in [4.78, 5) is 0. The third-order valence-corrected chi connectivity index (χ3v) is 2.85. The van der Waals surface area contributed by atoms with Crippen molar-refractivity contribution < 1.29 is 9.47 Å². The SMILES string of the molecule is COCCc1ccc(OC(CCl)CCl)cc1. The molecule has 0 saturated heterocycles. The summed E-state index contributed by atoms with van der Waals surface area (Å²) < 4.78 is 10.6. The molecule has 0 N–H and O–H groups in total. The fourth-order valence-electron chi connectivity index (χ4n) is 1.25. The number of halogens is 2. The van der Waals surface area contributed by atoms with Crippen LogP contribution in [0.1, 0.15) is 5.56 Å². The third kappa shape index (κ3) is 4.60. The van der Waals surface area contributed by atoms with E-state index in [1.54, 1.807) is 7.11 Å². The van der Waals surface area contributed by atoms with E-state index in [1.165, 1.54) is 5.56 Å². The number of ether oxygens (including phenoxy) is 2. The van der Waals surface area contributed by atoms with Crippen molar-refractivity contribution in [2.75, 3.05) is 25.5 Å². The van der Waals surface area contributed by atoms with Crippen molar-refractivity contribution in [1.82, 2.24) is 0 Å². The van der Waals surface area contributed by atoms with Crippen LogP contribution in [-0.4, -0.2) is 31.6 Å². The standard InChI is InChI=1S/C12H16Cl2O2/c1-15-7-6-10-2-4-11(5-3-10)16-12(8-13)9-14/h2-5,12H,6-9H2,1H3. The van der Waals surface area contributed by atoms with Gasteiger partial charge in [-0.05, 0) is 24.1 Å². The van der Waals surface area contributed by atoms with Crippen LogP contribution in [0.15, 0.2) is 24.3 Å². The summed E-state index contributed by atoms with van der Waals surface area (Å²) in [6.07, 6.45) is 0.777. The number of methoxy groups -OCH3 is 1. The number of rotatable bonds is 7. The molecule has 0 aromatic heterocycles. The summed E-state index contributed by atoms with van der Waals surface area (Å²) >= 11 is 11.4. The second-order valence-corrected chi connectivity index (χ2v) is 4.05. The molecule has 0 atom stereocenters. The second-order valence-electron chi connectivity index (χ2n) is 3.44. The number of hydrogen-bond donors (Lipinski definition) is 0. The molecule has 0 aliphatic heterocycles. The van der Waals surface area contributed by atoms with Crippen molar-refractivity contribution in [3.63, 3.8) is 0 Å². The first-order valence-electron chi connectivity index (χ1n) is 5.16. The maximum Gasteiger partial charge on any atom is 0.126 e. The molecular weight excluding hydrogens is 247 g/mol. The van der Waals surface area contributed by atoms with Gasteiger partial charge in [0.15, 0.2) is 0 Å². The Hall–Kier alpha value is -0.440. The van der Waals surface area contributed by atoms with Gasteiger partial charge in [-0.1, -0.05) is 12.1 Å². The van der Waals surface area contributed by atoms with Crippen LogP contribution < -0.4 is 4.74 Å². The molecule has 1 aromatic rings. The van der Waals surface area contributed by atoms with Gasteiger partial charge in [0.05, 0.1) is 18.4 Å². The third-order valence-electron chi connectivity index (χ3n) is 2.17. The number of alkyl halides is 2. The van der Waals surface area contributed by atoms with Crippen LogP contribution in [0.4, 0.5) is 0 Å². The first kappa shape index (κ1) is 13.6. The van der Waals surface area contributed by atoms with Crippen molar-refractivity contribution >= 4 is 23.2 Å². The van der Waals surface area contributed by atoms with Crippen molar-refractivity contribution in [2.45, 2.75) is 12.5 Å². The Morgan fingerprint density at radius 2 is 1.75 bits per heavy atom. The quantitative estimate of drug-likeness (QED) is 0.704. The normalized spacial score (nSPS) is 10.8. The molecule has 2 nitrogen and oxygen atoms in total. The van der Waals surface area contributed by atoms with Crippen LogP contribution in [0.2, 0.25) is 0 Å².